The SMILES string of the molecule is CCCC(CC)OC(=O)CCCCCCCCC(=O)O. The van der Waals surface area contributed by atoms with Crippen molar-refractivity contribution in [3.05, 3.63) is 0 Å². The fourth-order valence-electron chi connectivity index (χ4n) is 2.17. The van der Waals surface area contributed by atoms with Gasteiger partial charge in [-0.1, -0.05) is 46.0 Å². The topological polar surface area (TPSA) is 63.6 Å². The van der Waals surface area contributed by atoms with Crippen molar-refractivity contribution in [1.29, 1.82) is 0 Å². The van der Waals surface area contributed by atoms with E-state index in [9.17, 15) is 9.59 Å². The van der Waals surface area contributed by atoms with Crippen molar-refractivity contribution in [2.24, 2.45) is 0 Å². The van der Waals surface area contributed by atoms with Crippen LogP contribution in [0.25, 0.3) is 0 Å². The molecule has 0 radical (unpaired) electrons. The van der Waals surface area contributed by atoms with Crippen LogP contribution in [0.3, 0.4) is 0 Å². The molecular weight excluding hydrogens is 256 g/mol. The van der Waals surface area contributed by atoms with Gasteiger partial charge in [-0.3, -0.25) is 9.59 Å². The first-order valence-corrected chi connectivity index (χ1v) is 8.01. The Hall–Kier alpha value is -1.06. The van der Waals surface area contributed by atoms with Gasteiger partial charge in [0.05, 0.1) is 0 Å². The first-order chi connectivity index (χ1) is 9.60. The number of hydrogen-bond acceptors (Lipinski definition) is 3. The lowest BCUT2D eigenvalue weighted by atomic mass is 10.1. The molecule has 1 N–H and O–H groups in total. The molecule has 0 aromatic carbocycles. The van der Waals surface area contributed by atoms with Gasteiger partial charge in [-0.25, -0.2) is 0 Å². The number of carboxylic acids is 1. The molecule has 1 atom stereocenters. The predicted octanol–water partition coefficient (Wildman–Crippen LogP) is 4.31. The third-order valence-corrected chi connectivity index (χ3v) is 3.39. The molecule has 0 aromatic rings. The van der Waals surface area contributed by atoms with Crippen LogP contribution in [0.2, 0.25) is 0 Å². The van der Waals surface area contributed by atoms with Gasteiger partial charge in [0.2, 0.25) is 0 Å². The minimum atomic E-state index is -0.717. The van der Waals surface area contributed by atoms with Crippen LogP contribution in [-0.4, -0.2) is 23.1 Å². The minimum Gasteiger partial charge on any atom is -0.481 e. The summed E-state index contributed by atoms with van der Waals surface area (Å²) in [5.74, 6) is -0.790. The lowest BCUT2D eigenvalue weighted by Crippen LogP contribution is -2.16. The van der Waals surface area contributed by atoms with Crippen molar-refractivity contribution in [2.45, 2.75) is 90.6 Å². The second-order valence-corrected chi connectivity index (χ2v) is 5.32. The zero-order valence-electron chi connectivity index (χ0n) is 13.0. The van der Waals surface area contributed by atoms with Crippen LogP contribution in [0.1, 0.15) is 84.5 Å². The molecule has 0 bridgehead atoms. The fourth-order valence-corrected chi connectivity index (χ4v) is 2.17. The van der Waals surface area contributed by atoms with Gasteiger partial charge in [-0.15, -0.1) is 0 Å². The Bertz CT molecular complexity index is 263. The highest BCUT2D eigenvalue weighted by molar-refractivity contribution is 5.69. The number of rotatable bonds is 13. The van der Waals surface area contributed by atoms with E-state index in [-0.39, 0.29) is 18.5 Å². The molecule has 0 aliphatic rings. The maximum atomic E-state index is 11.6. The number of ether oxygens (including phenoxy) is 1. The van der Waals surface area contributed by atoms with Crippen molar-refractivity contribution in [3.63, 3.8) is 0 Å². The monoisotopic (exact) mass is 286 g/mol. The molecule has 0 rings (SSSR count). The van der Waals surface area contributed by atoms with Gasteiger partial charge in [-0.05, 0) is 25.7 Å². The zero-order chi connectivity index (χ0) is 15.2. The highest BCUT2D eigenvalue weighted by Gasteiger charge is 2.10. The molecular formula is C16H30O4. The summed E-state index contributed by atoms with van der Waals surface area (Å²) in [6.45, 7) is 4.14. The normalized spacial score (nSPS) is 12.1. The van der Waals surface area contributed by atoms with E-state index >= 15 is 0 Å². The summed E-state index contributed by atoms with van der Waals surface area (Å²) in [5.41, 5.74) is 0. The summed E-state index contributed by atoms with van der Waals surface area (Å²) < 4.78 is 5.41. The maximum Gasteiger partial charge on any atom is 0.306 e. The van der Waals surface area contributed by atoms with Gasteiger partial charge >= 0.3 is 11.9 Å². The number of carboxylic acid groups (broad SMARTS) is 1. The number of carbonyl (C=O) groups excluding carboxylic acids is 1. The second-order valence-electron chi connectivity index (χ2n) is 5.32. The van der Waals surface area contributed by atoms with E-state index in [0.717, 1.165) is 57.8 Å². The highest BCUT2D eigenvalue weighted by atomic mass is 16.5. The molecule has 0 saturated carbocycles. The lowest BCUT2D eigenvalue weighted by molar-refractivity contribution is -0.149. The molecule has 0 heterocycles. The number of hydrogen-bond donors (Lipinski definition) is 1. The molecule has 0 saturated heterocycles. The maximum absolute atomic E-state index is 11.6. The molecule has 0 aliphatic carbocycles. The molecule has 0 aromatic heterocycles. The number of esters is 1. The molecule has 0 amide bonds. The Morgan fingerprint density at radius 2 is 1.50 bits per heavy atom. The van der Waals surface area contributed by atoms with Gasteiger partial charge in [0.25, 0.3) is 0 Å². The predicted molar refractivity (Wildman–Crippen MR) is 79.7 cm³/mol. The van der Waals surface area contributed by atoms with E-state index in [1.165, 1.54) is 0 Å². The highest BCUT2D eigenvalue weighted by Crippen LogP contribution is 2.11. The summed E-state index contributed by atoms with van der Waals surface area (Å²) in [6, 6.07) is 0. The van der Waals surface area contributed by atoms with Crippen LogP contribution in [-0.2, 0) is 14.3 Å². The Balaban J connectivity index is 3.41. The van der Waals surface area contributed by atoms with Crippen LogP contribution >= 0.6 is 0 Å². The zero-order valence-corrected chi connectivity index (χ0v) is 13.0. The van der Waals surface area contributed by atoms with Crippen molar-refractivity contribution in [1.82, 2.24) is 0 Å². The van der Waals surface area contributed by atoms with Crippen LogP contribution < -0.4 is 0 Å². The van der Waals surface area contributed by atoms with E-state index in [0.29, 0.717) is 6.42 Å². The lowest BCUT2D eigenvalue weighted by Gasteiger charge is -2.15. The number of unbranched alkanes of at least 4 members (excludes halogenated alkanes) is 5. The Labute approximate surface area is 122 Å². The van der Waals surface area contributed by atoms with Crippen molar-refractivity contribution < 1.29 is 19.4 Å². The summed E-state index contributed by atoms with van der Waals surface area (Å²) >= 11 is 0. The molecule has 0 aliphatic heterocycles. The summed E-state index contributed by atoms with van der Waals surface area (Å²) in [6.07, 6.45) is 9.48. The quantitative estimate of drug-likeness (QED) is 0.404. The second kappa shape index (κ2) is 12.9. The summed E-state index contributed by atoms with van der Waals surface area (Å²) in [5, 5.41) is 8.49. The van der Waals surface area contributed by atoms with Crippen molar-refractivity contribution in [3.8, 4) is 0 Å². The molecule has 4 nitrogen and oxygen atoms in total. The third kappa shape index (κ3) is 12.0. The van der Waals surface area contributed by atoms with Gasteiger partial charge in [-0.2, -0.15) is 0 Å². The van der Waals surface area contributed by atoms with E-state index < -0.39 is 5.97 Å². The Morgan fingerprint density at radius 1 is 0.950 bits per heavy atom. The number of carbonyl (C=O) groups is 2. The van der Waals surface area contributed by atoms with Crippen LogP contribution in [0.5, 0.6) is 0 Å². The Kier molecular flexibility index (Phi) is 12.3. The van der Waals surface area contributed by atoms with E-state index in [2.05, 4.69) is 6.92 Å². The van der Waals surface area contributed by atoms with E-state index in [1.807, 2.05) is 6.92 Å². The Morgan fingerprint density at radius 3 is 2.00 bits per heavy atom. The standard InChI is InChI=1S/C16H30O4/c1-3-11-14(4-2)20-16(19)13-10-8-6-5-7-9-12-15(17)18/h14H,3-13H2,1-2H3,(H,17,18). The minimum absolute atomic E-state index is 0.0730. The average Bonchev–Trinajstić information content (AvgIpc) is 2.40. The first kappa shape index (κ1) is 18.9. The first-order valence-electron chi connectivity index (χ1n) is 8.01. The molecule has 20 heavy (non-hydrogen) atoms. The number of aliphatic carboxylic acids is 1. The third-order valence-electron chi connectivity index (χ3n) is 3.39. The molecule has 1 unspecified atom stereocenters. The van der Waals surface area contributed by atoms with Crippen LogP contribution in [0, 0.1) is 0 Å². The van der Waals surface area contributed by atoms with Gasteiger partial charge in [0.1, 0.15) is 6.10 Å². The van der Waals surface area contributed by atoms with E-state index in [4.69, 9.17) is 9.84 Å². The molecule has 4 heteroatoms. The fraction of sp³-hybridized carbons (Fsp3) is 0.875. The molecule has 0 spiro atoms. The van der Waals surface area contributed by atoms with Crippen molar-refractivity contribution >= 4 is 11.9 Å². The van der Waals surface area contributed by atoms with Gasteiger partial charge in [0, 0.05) is 12.8 Å². The average molecular weight is 286 g/mol. The summed E-state index contributed by atoms with van der Waals surface area (Å²) in [7, 11) is 0. The largest absolute Gasteiger partial charge is 0.481 e. The smallest absolute Gasteiger partial charge is 0.306 e. The van der Waals surface area contributed by atoms with Gasteiger partial charge in [0.15, 0.2) is 0 Å². The van der Waals surface area contributed by atoms with Crippen molar-refractivity contribution in [2.75, 3.05) is 0 Å². The van der Waals surface area contributed by atoms with Crippen LogP contribution in [0.15, 0.2) is 0 Å². The van der Waals surface area contributed by atoms with E-state index in [1.54, 1.807) is 0 Å². The summed E-state index contributed by atoms with van der Waals surface area (Å²) in [4.78, 5) is 21.9. The van der Waals surface area contributed by atoms with Crippen LogP contribution in [0.4, 0.5) is 0 Å². The molecule has 118 valence electrons. The van der Waals surface area contributed by atoms with Gasteiger partial charge < -0.3 is 9.84 Å². The molecule has 0 fully saturated rings.